The number of carbonyl (C=O) groups excluding carboxylic acids is 1. The maximum atomic E-state index is 13.2. The van der Waals surface area contributed by atoms with Gasteiger partial charge in [-0.05, 0) is 58.4 Å². The van der Waals surface area contributed by atoms with E-state index in [4.69, 9.17) is 4.74 Å². The van der Waals surface area contributed by atoms with Crippen molar-refractivity contribution < 1.29 is 23.1 Å². The van der Waals surface area contributed by atoms with Gasteiger partial charge in [-0.2, -0.15) is 0 Å². The number of aliphatic hydroxyl groups is 1. The van der Waals surface area contributed by atoms with Crippen LogP contribution in [-0.4, -0.2) is 54.2 Å². The molecule has 7 nitrogen and oxygen atoms in total. The molecule has 1 saturated carbocycles. The quantitative estimate of drug-likeness (QED) is 0.723. The summed E-state index contributed by atoms with van der Waals surface area (Å²) in [5.41, 5.74) is -0.979. The van der Waals surface area contributed by atoms with Crippen LogP contribution in [0.25, 0.3) is 0 Å². The zero-order valence-electron chi connectivity index (χ0n) is 17.6. The second-order valence-electron chi connectivity index (χ2n) is 8.82. The van der Waals surface area contributed by atoms with E-state index in [1.807, 2.05) is 26.8 Å². The minimum absolute atomic E-state index is 0.0344. The number of aromatic nitrogens is 1. The van der Waals surface area contributed by atoms with Crippen molar-refractivity contribution in [1.82, 2.24) is 4.98 Å². The van der Waals surface area contributed by atoms with Crippen LogP contribution in [0.3, 0.4) is 0 Å². The fourth-order valence-corrected chi connectivity index (χ4v) is 6.38. The third kappa shape index (κ3) is 4.91. The second kappa shape index (κ2) is 8.22. The van der Waals surface area contributed by atoms with E-state index in [0.29, 0.717) is 50.9 Å². The Hall–Kier alpha value is -1.67. The maximum absolute atomic E-state index is 13.2. The monoisotopic (exact) mass is 424 g/mol. The van der Waals surface area contributed by atoms with Gasteiger partial charge >= 0.3 is 0 Å². The van der Waals surface area contributed by atoms with E-state index < -0.39 is 20.9 Å². The van der Waals surface area contributed by atoms with E-state index in [0.717, 1.165) is 5.69 Å². The molecule has 0 aromatic carbocycles. The third-order valence-electron chi connectivity index (χ3n) is 6.04. The summed E-state index contributed by atoms with van der Waals surface area (Å²) < 4.78 is 29.9. The number of carbonyl (C=O) groups is 1. The number of rotatable bonds is 7. The average molecular weight is 425 g/mol. The highest BCUT2D eigenvalue weighted by Gasteiger charge is 2.52. The predicted molar refractivity (Wildman–Crippen MR) is 112 cm³/mol. The fourth-order valence-electron chi connectivity index (χ4n) is 4.50. The lowest BCUT2D eigenvalue weighted by Crippen LogP contribution is -2.47. The van der Waals surface area contributed by atoms with Gasteiger partial charge < -0.3 is 14.7 Å². The molecule has 2 aliphatic rings. The molecular weight excluding hydrogens is 392 g/mol. The first kappa shape index (κ1) is 22.0. The molecule has 29 heavy (non-hydrogen) atoms. The van der Waals surface area contributed by atoms with Crippen molar-refractivity contribution >= 4 is 21.4 Å². The second-order valence-corrected chi connectivity index (χ2v) is 11.0. The van der Waals surface area contributed by atoms with Crippen LogP contribution in [0.5, 0.6) is 5.88 Å². The molecule has 0 bridgehead atoms. The van der Waals surface area contributed by atoms with Crippen LogP contribution >= 0.6 is 0 Å². The van der Waals surface area contributed by atoms with E-state index in [-0.39, 0.29) is 23.5 Å². The smallest absolute Gasteiger partial charge is 0.233 e. The largest absolute Gasteiger partial charge is 0.475 e. The van der Waals surface area contributed by atoms with Crippen molar-refractivity contribution in [1.29, 1.82) is 0 Å². The summed E-state index contributed by atoms with van der Waals surface area (Å²) in [5.74, 6) is 0.469. The number of amides is 1. The standard InChI is InChI=1S/C21H32N2O5S/c1-4-13-29(26,27)15-21(25)9-7-20(8-10-21)11-12-23(19(20)24)17-5-6-18(22-14-17)28-16(2)3/h5-6,14,16,25H,4,7-13,15H2,1-3H3/t20-,21+. The summed E-state index contributed by atoms with van der Waals surface area (Å²) in [6.45, 7) is 6.29. The first-order valence-electron chi connectivity index (χ1n) is 10.5. The van der Waals surface area contributed by atoms with Gasteiger partial charge in [-0.15, -0.1) is 0 Å². The Kier molecular flexibility index (Phi) is 6.24. The molecule has 0 unspecified atom stereocenters. The number of hydrogen-bond donors (Lipinski definition) is 1. The molecule has 1 aromatic heterocycles. The van der Waals surface area contributed by atoms with Crippen LogP contribution in [0.4, 0.5) is 5.69 Å². The van der Waals surface area contributed by atoms with Gasteiger partial charge in [0.2, 0.25) is 11.8 Å². The maximum Gasteiger partial charge on any atom is 0.233 e. The highest BCUT2D eigenvalue weighted by Crippen LogP contribution is 2.48. The number of sulfone groups is 1. The number of nitrogens with zero attached hydrogens (tertiary/aromatic N) is 2. The van der Waals surface area contributed by atoms with E-state index in [9.17, 15) is 18.3 Å². The van der Waals surface area contributed by atoms with E-state index >= 15 is 0 Å². The highest BCUT2D eigenvalue weighted by atomic mass is 32.2. The van der Waals surface area contributed by atoms with Gasteiger partial charge in [-0.1, -0.05) is 6.92 Å². The Morgan fingerprint density at radius 3 is 2.45 bits per heavy atom. The molecule has 1 aliphatic carbocycles. The van der Waals surface area contributed by atoms with Gasteiger partial charge in [0.15, 0.2) is 9.84 Å². The molecule has 2 heterocycles. The number of ether oxygens (including phenoxy) is 1. The predicted octanol–water partition coefficient (Wildman–Crippen LogP) is 2.72. The molecule has 1 aromatic rings. The van der Waals surface area contributed by atoms with Crippen LogP contribution in [0.1, 0.15) is 59.3 Å². The van der Waals surface area contributed by atoms with Gasteiger partial charge in [0.05, 0.1) is 40.5 Å². The molecule has 1 aliphatic heterocycles. The topological polar surface area (TPSA) is 96.8 Å². The molecule has 1 spiro atoms. The fraction of sp³-hybridized carbons (Fsp3) is 0.714. The molecule has 1 N–H and O–H groups in total. The molecule has 3 rings (SSSR count). The molecule has 0 atom stereocenters. The van der Waals surface area contributed by atoms with Crippen molar-refractivity contribution in [3.05, 3.63) is 18.3 Å². The average Bonchev–Trinajstić information content (AvgIpc) is 2.94. The molecule has 162 valence electrons. The van der Waals surface area contributed by atoms with Crippen molar-refractivity contribution in [3.63, 3.8) is 0 Å². The summed E-state index contributed by atoms with van der Waals surface area (Å²) in [5, 5.41) is 10.8. The Balaban J connectivity index is 1.66. The van der Waals surface area contributed by atoms with Gasteiger partial charge in [-0.3, -0.25) is 4.79 Å². The zero-order valence-corrected chi connectivity index (χ0v) is 18.4. The lowest BCUT2D eigenvalue weighted by Gasteiger charge is -2.40. The highest BCUT2D eigenvalue weighted by molar-refractivity contribution is 7.91. The lowest BCUT2D eigenvalue weighted by atomic mass is 9.68. The SMILES string of the molecule is CCCS(=O)(=O)C[C@]1(O)CC[C@]2(CCN(c3ccc(OC(C)C)nc3)C2=O)CC1. The van der Waals surface area contributed by atoms with E-state index in [2.05, 4.69) is 4.98 Å². The Labute approximate surface area is 173 Å². The van der Waals surface area contributed by atoms with Crippen LogP contribution in [0.15, 0.2) is 18.3 Å². The summed E-state index contributed by atoms with van der Waals surface area (Å²) in [4.78, 5) is 19.3. The molecule has 1 saturated heterocycles. The molecular formula is C21H32N2O5S. The Bertz CT molecular complexity index is 827. The van der Waals surface area contributed by atoms with Crippen molar-refractivity contribution in [2.75, 3.05) is 23.0 Å². The first-order valence-corrected chi connectivity index (χ1v) is 12.3. The minimum Gasteiger partial charge on any atom is -0.475 e. The molecule has 8 heteroatoms. The van der Waals surface area contributed by atoms with Crippen LogP contribution < -0.4 is 9.64 Å². The van der Waals surface area contributed by atoms with Gasteiger partial charge in [0.1, 0.15) is 0 Å². The van der Waals surface area contributed by atoms with Crippen molar-refractivity contribution in [2.45, 2.75) is 71.0 Å². The van der Waals surface area contributed by atoms with Crippen molar-refractivity contribution in [3.8, 4) is 5.88 Å². The molecule has 1 amide bonds. The Morgan fingerprint density at radius 1 is 1.21 bits per heavy atom. The lowest BCUT2D eigenvalue weighted by molar-refractivity contribution is -0.130. The molecule has 0 radical (unpaired) electrons. The normalized spacial score (nSPS) is 27.8. The number of anilines is 1. The minimum atomic E-state index is -3.27. The van der Waals surface area contributed by atoms with Crippen LogP contribution in [0.2, 0.25) is 0 Å². The van der Waals surface area contributed by atoms with Gasteiger partial charge in [-0.25, -0.2) is 13.4 Å². The number of hydrogen-bond acceptors (Lipinski definition) is 6. The van der Waals surface area contributed by atoms with E-state index in [1.54, 1.807) is 17.2 Å². The van der Waals surface area contributed by atoms with Crippen LogP contribution in [-0.2, 0) is 14.6 Å². The van der Waals surface area contributed by atoms with Crippen molar-refractivity contribution in [2.24, 2.45) is 5.41 Å². The first-order chi connectivity index (χ1) is 13.6. The van der Waals surface area contributed by atoms with E-state index in [1.165, 1.54) is 0 Å². The summed E-state index contributed by atoms with van der Waals surface area (Å²) >= 11 is 0. The summed E-state index contributed by atoms with van der Waals surface area (Å²) in [6, 6.07) is 3.62. The molecule has 2 fully saturated rings. The van der Waals surface area contributed by atoms with Gasteiger partial charge in [0.25, 0.3) is 0 Å². The summed E-state index contributed by atoms with van der Waals surface area (Å²) in [6.07, 6.45) is 4.67. The third-order valence-corrected chi connectivity index (χ3v) is 8.05. The zero-order chi connectivity index (χ0) is 21.3. The van der Waals surface area contributed by atoms with Gasteiger partial charge in [0, 0.05) is 12.6 Å². The van der Waals surface area contributed by atoms with Crippen LogP contribution in [0, 0.1) is 5.41 Å². The Morgan fingerprint density at radius 2 is 1.90 bits per heavy atom. The number of pyridine rings is 1. The summed E-state index contributed by atoms with van der Waals surface area (Å²) in [7, 11) is -3.27.